The monoisotopic (exact) mass is 566 g/mol. The first kappa shape index (κ1) is 28.2. The van der Waals surface area contributed by atoms with E-state index in [1.165, 1.54) is 36.1 Å². The molecular formula is C26H26ClF3N4O5. The summed E-state index contributed by atoms with van der Waals surface area (Å²) in [6, 6.07) is 6.92. The van der Waals surface area contributed by atoms with E-state index >= 15 is 0 Å². The predicted octanol–water partition coefficient (Wildman–Crippen LogP) is 3.68. The lowest BCUT2D eigenvalue weighted by molar-refractivity contribution is -0.137. The molecule has 1 saturated heterocycles. The molecule has 2 N–H and O–H groups in total. The van der Waals surface area contributed by atoms with Crippen LogP contribution in [-0.4, -0.2) is 76.4 Å². The van der Waals surface area contributed by atoms with Gasteiger partial charge in [0.2, 0.25) is 11.8 Å². The van der Waals surface area contributed by atoms with E-state index in [9.17, 15) is 37.5 Å². The second-order valence-electron chi connectivity index (χ2n) is 9.54. The Balaban J connectivity index is 1.82. The minimum Gasteiger partial charge on any atom is -0.465 e. The van der Waals surface area contributed by atoms with Crippen LogP contribution < -0.4 is 10.2 Å². The molecule has 0 radical (unpaired) electrons. The number of carboxylic acid groups (broad SMARTS) is 1. The fourth-order valence-corrected chi connectivity index (χ4v) is 5.08. The molecule has 2 fully saturated rings. The SMILES string of the molecule is CC(=O)N1CCN(C(=O)O)C(C(=O)N(c2cccc(F)c2)[C@@H](C(=O)NC2CC(F)(F)C2)c2ccccc2Cl)C1. The van der Waals surface area contributed by atoms with Gasteiger partial charge in [0, 0.05) is 55.2 Å². The van der Waals surface area contributed by atoms with Crippen molar-refractivity contribution in [2.75, 3.05) is 24.5 Å². The molecule has 4 amide bonds. The molecule has 208 valence electrons. The first-order valence-electron chi connectivity index (χ1n) is 12.1. The first-order valence-corrected chi connectivity index (χ1v) is 12.5. The second kappa shape index (κ2) is 11.1. The number of anilines is 1. The lowest BCUT2D eigenvalue weighted by atomic mass is 9.87. The smallest absolute Gasteiger partial charge is 0.408 e. The van der Waals surface area contributed by atoms with Crippen LogP contribution in [0, 0.1) is 5.82 Å². The maximum absolute atomic E-state index is 14.4. The normalized spacial score (nSPS) is 19.6. The van der Waals surface area contributed by atoms with Crippen LogP contribution in [0.15, 0.2) is 48.5 Å². The average Bonchev–Trinajstić information content (AvgIpc) is 2.85. The van der Waals surface area contributed by atoms with E-state index in [0.29, 0.717) is 0 Å². The summed E-state index contributed by atoms with van der Waals surface area (Å²) < 4.78 is 41.4. The molecule has 2 aliphatic rings. The van der Waals surface area contributed by atoms with Crippen molar-refractivity contribution in [2.24, 2.45) is 0 Å². The zero-order chi connectivity index (χ0) is 28.5. The molecule has 1 aliphatic heterocycles. The summed E-state index contributed by atoms with van der Waals surface area (Å²) in [7, 11) is 0. The van der Waals surface area contributed by atoms with Gasteiger partial charge in [-0.1, -0.05) is 35.9 Å². The quantitative estimate of drug-likeness (QED) is 0.554. The summed E-state index contributed by atoms with van der Waals surface area (Å²) >= 11 is 6.42. The number of halogens is 4. The number of carbonyl (C=O) groups is 4. The Kier molecular flexibility index (Phi) is 8.05. The largest absolute Gasteiger partial charge is 0.465 e. The van der Waals surface area contributed by atoms with Gasteiger partial charge in [0.25, 0.3) is 11.8 Å². The van der Waals surface area contributed by atoms with Crippen LogP contribution in [0.25, 0.3) is 0 Å². The second-order valence-corrected chi connectivity index (χ2v) is 9.95. The molecule has 1 saturated carbocycles. The number of nitrogens with one attached hydrogen (secondary N) is 1. The lowest BCUT2D eigenvalue weighted by Gasteiger charge is -2.43. The number of carbonyl (C=O) groups excluding carboxylic acids is 3. The maximum atomic E-state index is 14.4. The van der Waals surface area contributed by atoms with Gasteiger partial charge in [-0.05, 0) is 24.3 Å². The molecule has 0 aromatic heterocycles. The van der Waals surface area contributed by atoms with Crippen molar-refractivity contribution in [2.45, 2.75) is 43.8 Å². The van der Waals surface area contributed by atoms with Gasteiger partial charge in [-0.3, -0.25) is 24.2 Å². The van der Waals surface area contributed by atoms with Gasteiger partial charge in [-0.2, -0.15) is 0 Å². The third-order valence-corrected chi connectivity index (χ3v) is 7.17. The van der Waals surface area contributed by atoms with E-state index in [2.05, 4.69) is 5.32 Å². The number of nitrogens with zero attached hydrogens (tertiary/aromatic N) is 3. The van der Waals surface area contributed by atoms with Crippen molar-refractivity contribution in [3.05, 3.63) is 64.9 Å². The molecule has 13 heteroatoms. The molecule has 1 aliphatic carbocycles. The van der Waals surface area contributed by atoms with Gasteiger partial charge < -0.3 is 15.3 Å². The minimum atomic E-state index is -2.93. The Morgan fingerprint density at radius 2 is 1.79 bits per heavy atom. The van der Waals surface area contributed by atoms with E-state index < -0.39 is 60.6 Å². The van der Waals surface area contributed by atoms with Crippen molar-refractivity contribution in [1.29, 1.82) is 0 Å². The van der Waals surface area contributed by atoms with Gasteiger partial charge in [-0.15, -0.1) is 0 Å². The number of amides is 4. The number of rotatable bonds is 6. The fourth-order valence-electron chi connectivity index (χ4n) is 4.84. The molecule has 9 nitrogen and oxygen atoms in total. The van der Waals surface area contributed by atoms with Crippen molar-refractivity contribution in [3.63, 3.8) is 0 Å². The summed E-state index contributed by atoms with van der Waals surface area (Å²) in [5.74, 6) is -5.85. The predicted molar refractivity (Wildman–Crippen MR) is 135 cm³/mol. The Bertz CT molecular complexity index is 1290. The third kappa shape index (κ3) is 6.11. The van der Waals surface area contributed by atoms with E-state index in [-0.39, 0.29) is 41.8 Å². The zero-order valence-electron chi connectivity index (χ0n) is 20.8. The van der Waals surface area contributed by atoms with Gasteiger partial charge >= 0.3 is 6.09 Å². The molecular weight excluding hydrogens is 541 g/mol. The van der Waals surface area contributed by atoms with Crippen molar-refractivity contribution < 1.29 is 37.5 Å². The Labute approximate surface area is 227 Å². The number of alkyl halides is 2. The van der Waals surface area contributed by atoms with Crippen LogP contribution in [0.1, 0.15) is 31.4 Å². The van der Waals surface area contributed by atoms with Gasteiger partial charge in [0.15, 0.2) is 0 Å². The topological polar surface area (TPSA) is 110 Å². The summed E-state index contributed by atoms with van der Waals surface area (Å²) in [6.45, 7) is 0.840. The molecule has 0 spiro atoms. The van der Waals surface area contributed by atoms with Crippen molar-refractivity contribution in [1.82, 2.24) is 15.1 Å². The maximum Gasteiger partial charge on any atom is 0.408 e. The molecule has 2 aromatic rings. The zero-order valence-corrected chi connectivity index (χ0v) is 21.6. The van der Waals surface area contributed by atoms with E-state index in [4.69, 9.17) is 11.6 Å². The molecule has 4 rings (SSSR count). The third-order valence-electron chi connectivity index (χ3n) is 6.82. The number of hydrogen-bond donors (Lipinski definition) is 2. The first-order chi connectivity index (χ1) is 18.4. The highest BCUT2D eigenvalue weighted by molar-refractivity contribution is 6.31. The Morgan fingerprint density at radius 1 is 1.10 bits per heavy atom. The summed E-state index contributed by atoms with van der Waals surface area (Å²) in [4.78, 5) is 55.1. The fraction of sp³-hybridized carbons (Fsp3) is 0.385. The van der Waals surface area contributed by atoms with Crippen LogP contribution >= 0.6 is 11.6 Å². The molecule has 2 aromatic carbocycles. The van der Waals surface area contributed by atoms with Crippen LogP contribution in [0.3, 0.4) is 0 Å². The lowest BCUT2D eigenvalue weighted by Crippen LogP contribution is -2.63. The van der Waals surface area contributed by atoms with Gasteiger partial charge in [-0.25, -0.2) is 18.0 Å². The number of piperazine rings is 1. The molecule has 1 heterocycles. The Hall–Kier alpha value is -3.80. The molecule has 2 atom stereocenters. The van der Waals surface area contributed by atoms with Crippen LogP contribution in [-0.2, 0) is 14.4 Å². The summed E-state index contributed by atoms with van der Waals surface area (Å²) in [6.07, 6.45) is -2.61. The standard InChI is InChI=1S/C26H26ClF3N4O5/c1-15(35)32-9-10-33(25(38)39)21(14-32)24(37)34(18-6-4-5-16(28)11-18)22(19-7-2-3-8-20(19)27)23(36)31-17-12-26(29,30)13-17/h2-8,11,17,21-22H,9-10,12-14H2,1H3,(H,31,36)(H,38,39)/t21?,22-/m1/s1. The number of benzene rings is 2. The minimum absolute atomic E-state index is 0.0513. The van der Waals surface area contributed by atoms with Gasteiger partial charge in [0.1, 0.15) is 17.9 Å². The van der Waals surface area contributed by atoms with Crippen molar-refractivity contribution in [3.8, 4) is 0 Å². The van der Waals surface area contributed by atoms with Crippen LogP contribution in [0.5, 0.6) is 0 Å². The summed E-state index contributed by atoms with van der Waals surface area (Å²) in [5, 5.41) is 12.4. The highest BCUT2D eigenvalue weighted by Crippen LogP contribution is 2.39. The van der Waals surface area contributed by atoms with E-state index in [0.717, 1.165) is 21.9 Å². The molecule has 0 bridgehead atoms. The number of hydrogen-bond acceptors (Lipinski definition) is 4. The molecule has 39 heavy (non-hydrogen) atoms. The summed E-state index contributed by atoms with van der Waals surface area (Å²) in [5.41, 5.74) is 0.0192. The van der Waals surface area contributed by atoms with Crippen molar-refractivity contribution >= 4 is 41.1 Å². The van der Waals surface area contributed by atoms with Crippen LogP contribution in [0.4, 0.5) is 23.7 Å². The Morgan fingerprint density at radius 3 is 2.38 bits per heavy atom. The van der Waals surface area contributed by atoms with Crippen LogP contribution in [0.2, 0.25) is 5.02 Å². The van der Waals surface area contributed by atoms with E-state index in [1.807, 2.05) is 0 Å². The highest BCUT2D eigenvalue weighted by atomic mass is 35.5. The highest BCUT2D eigenvalue weighted by Gasteiger charge is 2.48. The van der Waals surface area contributed by atoms with E-state index in [1.54, 1.807) is 12.1 Å². The molecule has 1 unspecified atom stereocenters. The average molecular weight is 567 g/mol. The van der Waals surface area contributed by atoms with Gasteiger partial charge in [0.05, 0.1) is 6.54 Å².